The molecule has 1 N–H and O–H groups in total. The highest BCUT2D eigenvalue weighted by Crippen LogP contribution is 2.25. The third kappa shape index (κ3) is 4.06. The van der Waals surface area contributed by atoms with Crippen LogP contribution in [0.2, 0.25) is 0 Å². The van der Waals surface area contributed by atoms with E-state index in [4.69, 9.17) is 4.74 Å². The summed E-state index contributed by atoms with van der Waals surface area (Å²) in [5.41, 5.74) is 0.937. The second kappa shape index (κ2) is 5.74. The number of ether oxygens (including phenoxy) is 1. The van der Waals surface area contributed by atoms with Crippen molar-refractivity contribution in [1.29, 1.82) is 0 Å². The lowest BCUT2D eigenvalue weighted by atomic mass is 9.89. The molecule has 0 amide bonds. The summed E-state index contributed by atoms with van der Waals surface area (Å²) in [6.07, 6.45) is 1.87. The molecule has 0 aliphatic carbocycles. The molecule has 104 valence electrons. The summed E-state index contributed by atoms with van der Waals surface area (Å²) in [7, 11) is 0. The first kappa shape index (κ1) is 14.1. The first-order valence-electron chi connectivity index (χ1n) is 6.97. The van der Waals surface area contributed by atoms with Crippen molar-refractivity contribution in [3.8, 4) is 0 Å². The van der Waals surface area contributed by atoms with Gasteiger partial charge in [-0.1, -0.05) is 30.3 Å². The first-order valence-corrected chi connectivity index (χ1v) is 6.97. The van der Waals surface area contributed by atoms with Crippen LogP contribution in [0.3, 0.4) is 0 Å². The molecule has 3 heteroatoms. The molecule has 3 nitrogen and oxygen atoms in total. The van der Waals surface area contributed by atoms with Crippen molar-refractivity contribution in [3.63, 3.8) is 0 Å². The van der Waals surface area contributed by atoms with E-state index in [0.717, 1.165) is 19.4 Å². The SMILES string of the molecule is CC(C)(C)OC(=O)C1CCC(c2ccccc2)CN1. The number of carbonyl (C=O) groups excluding carboxylic acids is 1. The van der Waals surface area contributed by atoms with Gasteiger partial charge in [0.15, 0.2) is 0 Å². The monoisotopic (exact) mass is 261 g/mol. The number of benzene rings is 1. The first-order chi connectivity index (χ1) is 8.96. The van der Waals surface area contributed by atoms with Crippen LogP contribution in [0.4, 0.5) is 0 Å². The van der Waals surface area contributed by atoms with Gasteiger partial charge in [0, 0.05) is 6.54 Å². The van der Waals surface area contributed by atoms with Crippen LogP contribution in [0.15, 0.2) is 30.3 Å². The predicted molar refractivity (Wildman–Crippen MR) is 76.1 cm³/mol. The van der Waals surface area contributed by atoms with Crippen LogP contribution in [0.1, 0.15) is 45.1 Å². The lowest BCUT2D eigenvalue weighted by Crippen LogP contribution is -2.46. The van der Waals surface area contributed by atoms with Gasteiger partial charge in [-0.15, -0.1) is 0 Å². The van der Waals surface area contributed by atoms with E-state index in [0.29, 0.717) is 5.92 Å². The standard InChI is InChI=1S/C16H23NO2/c1-16(2,3)19-15(18)14-10-9-13(11-17-14)12-7-5-4-6-8-12/h4-8,13-14,17H,9-11H2,1-3H3. The number of hydrogen-bond acceptors (Lipinski definition) is 3. The molecule has 0 saturated carbocycles. The fourth-order valence-electron chi connectivity index (χ4n) is 2.44. The maximum Gasteiger partial charge on any atom is 0.323 e. The van der Waals surface area contributed by atoms with E-state index in [1.165, 1.54) is 5.56 Å². The van der Waals surface area contributed by atoms with E-state index < -0.39 is 5.60 Å². The summed E-state index contributed by atoms with van der Waals surface area (Å²) >= 11 is 0. The second-order valence-corrected chi connectivity index (χ2v) is 6.18. The number of esters is 1. The summed E-state index contributed by atoms with van der Waals surface area (Å²) in [4.78, 5) is 12.0. The third-order valence-corrected chi connectivity index (χ3v) is 3.38. The smallest absolute Gasteiger partial charge is 0.323 e. The molecule has 1 heterocycles. The van der Waals surface area contributed by atoms with Gasteiger partial charge in [-0.05, 0) is 45.1 Å². The van der Waals surface area contributed by atoms with Crippen LogP contribution < -0.4 is 5.32 Å². The molecule has 2 atom stereocenters. The Morgan fingerprint density at radius 2 is 1.89 bits per heavy atom. The zero-order valence-corrected chi connectivity index (χ0v) is 12.0. The number of nitrogens with one attached hydrogen (secondary N) is 1. The Kier molecular flexibility index (Phi) is 4.25. The molecule has 1 aromatic carbocycles. The van der Waals surface area contributed by atoms with Gasteiger partial charge in [0.2, 0.25) is 0 Å². The van der Waals surface area contributed by atoms with Gasteiger partial charge in [0.25, 0.3) is 0 Å². The highest BCUT2D eigenvalue weighted by Gasteiger charge is 2.29. The summed E-state index contributed by atoms with van der Waals surface area (Å²) in [5.74, 6) is 0.374. The minimum absolute atomic E-state index is 0.126. The third-order valence-electron chi connectivity index (χ3n) is 3.38. The molecule has 1 saturated heterocycles. The summed E-state index contributed by atoms with van der Waals surface area (Å²) in [5, 5.41) is 3.32. The molecule has 0 bridgehead atoms. The van der Waals surface area contributed by atoms with Crippen LogP contribution in [0, 0.1) is 0 Å². The molecule has 0 aromatic heterocycles. The van der Waals surface area contributed by atoms with Crippen molar-refractivity contribution in [2.45, 2.75) is 51.2 Å². The Bertz CT molecular complexity index is 414. The molecule has 2 unspecified atom stereocenters. The molecule has 1 fully saturated rings. The number of rotatable bonds is 2. The fraction of sp³-hybridized carbons (Fsp3) is 0.562. The Labute approximate surface area is 115 Å². The van der Waals surface area contributed by atoms with E-state index in [1.807, 2.05) is 26.8 Å². The Morgan fingerprint density at radius 1 is 1.21 bits per heavy atom. The fourth-order valence-corrected chi connectivity index (χ4v) is 2.44. The Hall–Kier alpha value is -1.35. The van der Waals surface area contributed by atoms with Gasteiger partial charge in [-0.25, -0.2) is 0 Å². The van der Waals surface area contributed by atoms with Crippen molar-refractivity contribution in [1.82, 2.24) is 5.32 Å². The molecule has 1 aromatic rings. The summed E-state index contributed by atoms with van der Waals surface area (Å²) in [6, 6.07) is 10.3. The number of piperidine rings is 1. The van der Waals surface area contributed by atoms with Crippen molar-refractivity contribution in [3.05, 3.63) is 35.9 Å². The molecular formula is C16H23NO2. The highest BCUT2D eigenvalue weighted by atomic mass is 16.6. The summed E-state index contributed by atoms with van der Waals surface area (Å²) in [6.45, 7) is 6.55. The van der Waals surface area contributed by atoms with Gasteiger partial charge in [-0.2, -0.15) is 0 Å². The Balaban J connectivity index is 1.88. The van der Waals surface area contributed by atoms with Crippen LogP contribution in [-0.4, -0.2) is 24.2 Å². The minimum Gasteiger partial charge on any atom is -0.459 e. The van der Waals surface area contributed by atoms with E-state index in [-0.39, 0.29) is 12.0 Å². The van der Waals surface area contributed by atoms with Gasteiger partial charge in [0.1, 0.15) is 11.6 Å². The van der Waals surface area contributed by atoms with Crippen molar-refractivity contribution >= 4 is 5.97 Å². The highest BCUT2D eigenvalue weighted by molar-refractivity contribution is 5.76. The van der Waals surface area contributed by atoms with Crippen molar-refractivity contribution < 1.29 is 9.53 Å². The average Bonchev–Trinajstić information content (AvgIpc) is 2.38. The van der Waals surface area contributed by atoms with Crippen LogP contribution in [0.5, 0.6) is 0 Å². The predicted octanol–water partition coefficient (Wildman–Crippen LogP) is 2.86. The van der Waals surface area contributed by atoms with Gasteiger partial charge in [-0.3, -0.25) is 4.79 Å². The van der Waals surface area contributed by atoms with Gasteiger partial charge in [0.05, 0.1) is 0 Å². The lowest BCUT2D eigenvalue weighted by Gasteiger charge is -2.31. The number of carbonyl (C=O) groups is 1. The second-order valence-electron chi connectivity index (χ2n) is 6.18. The quantitative estimate of drug-likeness (QED) is 0.832. The molecular weight excluding hydrogens is 238 g/mol. The molecule has 1 aliphatic heterocycles. The Morgan fingerprint density at radius 3 is 2.42 bits per heavy atom. The van der Waals surface area contributed by atoms with Crippen LogP contribution in [-0.2, 0) is 9.53 Å². The molecule has 1 aliphatic rings. The van der Waals surface area contributed by atoms with Crippen molar-refractivity contribution in [2.75, 3.05) is 6.54 Å². The normalized spacial score (nSPS) is 23.9. The maximum absolute atomic E-state index is 12.0. The van der Waals surface area contributed by atoms with E-state index in [2.05, 4.69) is 29.6 Å². The van der Waals surface area contributed by atoms with Gasteiger partial charge >= 0.3 is 5.97 Å². The molecule has 0 radical (unpaired) electrons. The van der Waals surface area contributed by atoms with E-state index in [9.17, 15) is 4.79 Å². The van der Waals surface area contributed by atoms with Crippen LogP contribution >= 0.6 is 0 Å². The van der Waals surface area contributed by atoms with Gasteiger partial charge < -0.3 is 10.1 Å². The molecule has 0 spiro atoms. The zero-order valence-electron chi connectivity index (χ0n) is 12.0. The molecule has 19 heavy (non-hydrogen) atoms. The average molecular weight is 261 g/mol. The summed E-state index contributed by atoms with van der Waals surface area (Å²) < 4.78 is 5.42. The van der Waals surface area contributed by atoms with Crippen LogP contribution in [0.25, 0.3) is 0 Å². The number of hydrogen-bond donors (Lipinski definition) is 1. The molecule has 2 rings (SSSR count). The maximum atomic E-state index is 12.0. The largest absolute Gasteiger partial charge is 0.459 e. The van der Waals surface area contributed by atoms with E-state index >= 15 is 0 Å². The van der Waals surface area contributed by atoms with E-state index in [1.54, 1.807) is 0 Å². The minimum atomic E-state index is -0.408. The topological polar surface area (TPSA) is 38.3 Å². The lowest BCUT2D eigenvalue weighted by molar-refractivity contribution is -0.158. The zero-order chi connectivity index (χ0) is 13.9. The van der Waals surface area contributed by atoms with Crippen molar-refractivity contribution in [2.24, 2.45) is 0 Å².